The van der Waals surface area contributed by atoms with Crippen molar-refractivity contribution in [1.29, 1.82) is 0 Å². The lowest BCUT2D eigenvalue weighted by atomic mass is 10.1. The molecule has 39 heavy (non-hydrogen) atoms. The van der Waals surface area contributed by atoms with Crippen molar-refractivity contribution in [3.8, 4) is 11.1 Å². The van der Waals surface area contributed by atoms with Crippen LogP contribution < -0.4 is 16.0 Å². The van der Waals surface area contributed by atoms with Crippen LogP contribution in [0.5, 0.6) is 0 Å². The van der Waals surface area contributed by atoms with Gasteiger partial charge >= 0.3 is 5.97 Å². The number of aromatic nitrogens is 3. The van der Waals surface area contributed by atoms with Crippen LogP contribution in [-0.4, -0.2) is 98.9 Å². The fourth-order valence-electron chi connectivity index (χ4n) is 5.35. The first-order valence-corrected chi connectivity index (χ1v) is 13.4. The maximum absolute atomic E-state index is 10.9. The highest BCUT2D eigenvalue weighted by Crippen LogP contribution is 2.27. The Labute approximate surface area is 228 Å². The monoisotopic (exact) mass is 532 g/mol. The fraction of sp³-hybridized carbons (Fsp3) is 0.429. The van der Waals surface area contributed by atoms with E-state index in [1.807, 2.05) is 46.5 Å². The van der Waals surface area contributed by atoms with E-state index in [0.717, 1.165) is 61.8 Å². The lowest BCUT2D eigenvalue weighted by molar-refractivity contribution is -0.138. The zero-order valence-electron chi connectivity index (χ0n) is 22.0. The maximum atomic E-state index is 10.9. The Hall–Kier alpha value is -3.64. The summed E-state index contributed by atoms with van der Waals surface area (Å²) in [7, 11) is 0. The van der Waals surface area contributed by atoms with Crippen LogP contribution >= 0.6 is 0 Å². The average Bonchev–Trinajstić information content (AvgIpc) is 3.30. The van der Waals surface area contributed by atoms with Gasteiger partial charge in [-0.2, -0.15) is 0 Å². The number of piperazine rings is 1. The van der Waals surface area contributed by atoms with Gasteiger partial charge in [0.25, 0.3) is 0 Å². The highest BCUT2D eigenvalue weighted by Gasteiger charge is 2.32. The number of aliphatic carboxylic acids is 1. The number of hydrogen-bond acceptors (Lipinski definition) is 10. The molecule has 3 aromatic rings. The number of carboxylic acids is 1. The number of anilines is 3. The molecule has 0 amide bonds. The normalized spacial score (nSPS) is 20.3. The summed E-state index contributed by atoms with van der Waals surface area (Å²) in [5, 5.41) is 22.5. The minimum atomic E-state index is -0.774. The van der Waals surface area contributed by atoms with Crippen LogP contribution in [0.4, 0.5) is 17.5 Å². The first-order chi connectivity index (χ1) is 19.0. The van der Waals surface area contributed by atoms with Gasteiger partial charge in [0.05, 0.1) is 12.6 Å². The van der Waals surface area contributed by atoms with E-state index in [1.165, 1.54) is 5.56 Å². The summed E-state index contributed by atoms with van der Waals surface area (Å²) in [6.07, 6.45) is 6.48. The molecule has 5 N–H and O–H groups in total. The third kappa shape index (κ3) is 7.07. The molecule has 1 aromatic carbocycles. The number of nitrogens with zero attached hydrogens (tertiary/aromatic N) is 6. The van der Waals surface area contributed by atoms with Gasteiger partial charge in [-0.25, -0.2) is 15.0 Å². The molecule has 2 aliphatic rings. The summed E-state index contributed by atoms with van der Waals surface area (Å²) >= 11 is 0. The van der Waals surface area contributed by atoms with Crippen LogP contribution in [0.25, 0.3) is 11.1 Å². The van der Waals surface area contributed by atoms with Crippen LogP contribution in [0.1, 0.15) is 18.4 Å². The zero-order valence-corrected chi connectivity index (χ0v) is 22.0. The lowest BCUT2D eigenvalue weighted by Crippen LogP contribution is -2.47. The summed E-state index contributed by atoms with van der Waals surface area (Å²) in [6, 6.07) is 12.3. The van der Waals surface area contributed by atoms with Crippen molar-refractivity contribution in [2.24, 2.45) is 5.73 Å². The molecule has 2 atom stereocenters. The molecule has 0 bridgehead atoms. The van der Waals surface area contributed by atoms with E-state index in [0.29, 0.717) is 25.5 Å². The summed E-state index contributed by atoms with van der Waals surface area (Å²) in [5.41, 5.74) is 9.73. The molecule has 206 valence electrons. The predicted octanol–water partition coefficient (Wildman–Crippen LogP) is 1.77. The Morgan fingerprint density at radius 3 is 2.54 bits per heavy atom. The van der Waals surface area contributed by atoms with Crippen molar-refractivity contribution >= 4 is 23.4 Å². The molecule has 0 radical (unpaired) electrons. The van der Waals surface area contributed by atoms with Gasteiger partial charge in [-0.05, 0) is 54.8 Å². The maximum Gasteiger partial charge on any atom is 0.317 e. The van der Waals surface area contributed by atoms with E-state index in [-0.39, 0.29) is 18.7 Å². The number of aliphatic hydroxyl groups is 1. The third-order valence-corrected chi connectivity index (χ3v) is 7.31. The smallest absolute Gasteiger partial charge is 0.317 e. The molecule has 11 heteroatoms. The Morgan fingerprint density at radius 1 is 1.03 bits per heavy atom. The molecule has 5 rings (SSSR count). The van der Waals surface area contributed by atoms with Gasteiger partial charge < -0.3 is 26.2 Å². The second kappa shape index (κ2) is 12.5. The van der Waals surface area contributed by atoms with Gasteiger partial charge in [-0.15, -0.1) is 0 Å². The minimum absolute atomic E-state index is 0.105. The molecule has 4 heterocycles. The number of rotatable bonds is 10. The number of nitrogens with one attached hydrogen (secondary N) is 1. The molecule has 0 aliphatic carbocycles. The van der Waals surface area contributed by atoms with Gasteiger partial charge in [0.1, 0.15) is 5.82 Å². The molecule has 2 aliphatic heterocycles. The molecular weight excluding hydrogens is 496 g/mol. The van der Waals surface area contributed by atoms with Crippen molar-refractivity contribution in [3.63, 3.8) is 0 Å². The topological polar surface area (TPSA) is 144 Å². The first kappa shape index (κ1) is 26.9. The van der Waals surface area contributed by atoms with E-state index in [9.17, 15) is 9.90 Å². The largest absolute Gasteiger partial charge is 0.480 e. The van der Waals surface area contributed by atoms with Crippen molar-refractivity contribution in [3.05, 3.63) is 60.6 Å². The molecule has 2 aromatic heterocycles. The Kier molecular flexibility index (Phi) is 8.62. The van der Waals surface area contributed by atoms with E-state index < -0.39 is 5.97 Å². The summed E-state index contributed by atoms with van der Waals surface area (Å²) in [5.74, 6) is 0.562. The fourth-order valence-corrected chi connectivity index (χ4v) is 5.35. The summed E-state index contributed by atoms with van der Waals surface area (Å²) in [4.78, 5) is 31.0. The quantitative estimate of drug-likeness (QED) is 0.303. The van der Waals surface area contributed by atoms with Crippen molar-refractivity contribution in [1.82, 2.24) is 24.8 Å². The predicted molar refractivity (Wildman–Crippen MR) is 150 cm³/mol. The van der Waals surface area contributed by atoms with Crippen LogP contribution in [0, 0.1) is 0 Å². The number of β-amino-alcohol motifs (C(OH)–C–C–N with tert-alkyl or cyclic N) is 1. The molecule has 11 nitrogen and oxygen atoms in total. The zero-order chi connectivity index (χ0) is 27.2. The number of nitrogens with two attached hydrogens (primary N) is 1. The molecule has 2 fully saturated rings. The van der Waals surface area contributed by atoms with E-state index in [2.05, 4.69) is 37.3 Å². The van der Waals surface area contributed by atoms with Crippen LogP contribution in [-0.2, 0) is 11.3 Å². The highest BCUT2D eigenvalue weighted by molar-refractivity contribution is 5.69. The number of aliphatic hydroxyl groups excluding tert-OH is 1. The first-order valence-electron chi connectivity index (χ1n) is 13.4. The van der Waals surface area contributed by atoms with Crippen molar-refractivity contribution < 1.29 is 15.0 Å². The Balaban J connectivity index is 1.21. The number of carboxylic acid groups (broad SMARTS) is 1. The third-order valence-electron chi connectivity index (χ3n) is 7.31. The molecule has 2 unspecified atom stereocenters. The highest BCUT2D eigenvalue weighted by atomic mass is 16.4. The number of benzene rings is 1. The Bertz CT molecular complexity index is 1250. The van der Waals surface area contributed by atoms with Crippen molar-refractivity contribution in [2.75, 3.05) is 56.0 Å². The summed E-state index contributed by atoms with van der Waals surface area (Å²) in [6.45, 7) is 5.23. The second-order valence-electron chi connectivity index (χ2n) is 10.2. The molecule has 0 saturated carbocycles. The minimum Gasteiger partial charge on any atom is -0.480 e. The molecular formula is C28H36N8O3. The van der Waals surface area contributed by atoms with Gasteiger partial charge in [0.15, 0.2) is 0 Å². The summed E-state index contributed by atoms with van der Waals surface area (Å²) < 4.78 is 0. The lowest BCUT2D eigenvalue weighted by Gasteiger charge is -2.33. The van der Waals surface area contributed by atoms with Crippen molar-refractivity contribution in [2.45, 2.75) is 31.5 Å². The van der Waals surface area contributed by atoms with Crippen LogP contribution in [0.3, 0.4) is 0 Å². The molecule has 0 spiro atoms. The SMILES string of the molecule is NCCC1CC(O)CN1c1ncc(-c2ccnc(Nc3cccc(CN4CCN(CC(=O)O)CC4)c3)c2)cn1. The van der Waals surface area contributed by atoms with E-state index >= 15 is 0 Å². The second-order valence-corrected chi connectivity index (χ2v) is 10.2. The van der Waals surface area contributed by atoms with Crippen LogP contribution in [0.2, 0.25) is 0 Å². The number of hydrogen-bond donors (Lipinski definition) is 4. The van der Waals surface area contributed by atoms with Gasteiger partial charge in [-0.3, -0.25) is 14.6 Å². The van der Waals surface area contributed by atoms with E-state index in [4.69, 9.17) is 10.8 Å². The van der Waals surface area contributed by atoms with Crippen LogP contribution in [0.15, 0.2) is 55.0 Å². The molecule has 2 saturated heterocycles. The average molecular weight is 533 g/mol. The van der Waals surface area contributed by atoms with Gasteiger partial charge in [0.2, 0.25) is 5.95 Å². The van der Waals surface area contributed by atoms with Gasteiger partial charge in [0, 0.05) is 75.2 Å². The number of carbonyl (C=O) groups is 1. The van der Waals surface area contributed by atoms with E-state index in [1.54, 1.807) is 6.20 Å². The standard InChI is InChI=1S/C28H36N8O3/c29-6-4-24-14-25(37)18-36(24)28-31-15-22(16-32-28)21-5-7-30-26(13-21)33-23-3-1-2-20(12-23)17-34-8-10-35(11-9-34)19-27(38)39/h1-3,5,7,12-13,15-16,24-25,37H,4,6,8-11,14,17-19,29H2,(H,30,33)(H,38,39). The van der Waals surface area contributed by atoms with Gasteiger partial charge in [-0.1, -0.05) is 12.1 Å². The number of pyridine rings is 1. The Morgan fingerprint density at radius 2 is 1.79 bits per heavy atom.